The molecule has 0 spiro atoms. The van der Waals surface area contributed by atoms with Crippen LogP contribution < -0.4 is 4.74 Å². The average molecular weight is 408 g/mol. The summed E-state index contributed by atoms with van der Waals surface area (Å²) >= 11 is 12.3. The van der Waals surface area contributed by atoms with Crippen molar-refractivity contribution in [1.82, 2.24) is 4.90 Å². The van der Waals surface area contributed by atoms with Crippen molar-refractivity contribution in [2.24, 2.45) is 5.41 Å². The Morgan fingerprint density at radius 3 is 2.30 bits per heavy atom. The minimum atomic E-state index is -0.449. The molecule has 0 bridgehead atoms. The van der Waals surface area contributed by atoms with Crippen LogP contribution in [0, 0.1) is 5.41 Å². The van der Waals surface area contributed by atoms with Gasteiger partial charge in [-0.05, 0) is 48.7 Å². The molecule has 0 aliphatic heterocycles. The summed E-state index contributed by atoms with van der Waals surface area (Å²) in [6, 6.07) is 13.4. The fraction of sp³-hybridized carbons (Fsp3) is 0.409. The summed E-state index contributed by atoms with van der Waals surface area (Å²) in [6.45, 7) is 9.55. The van der Waals surface area contributed by atoms with Crippen LogP contribution in [0.2, 0.25) is 10.0 Å². The highest BCUT2D eigenvalue weighted by atomic mass is 35.5. The molecule has 0 N–H and O–H groups in total. The lowest BCUT2D eigenvalue weighted by Crippen LogP contribution is -2.40. The van der Waals surface area contributed by atoms with Crippen molar-refractivity contribution in [3.05, 3.63) is 63.6 Å². The second-order valence-electron chi connectivity index (χ2n) is 7.54. The van der Waals surface area contributed by atoms with Crippen molar-refractivity contribution in [3.8, 4) is 5.75 Å². The maximum Gasteiger partial charge on any atom is 0.228 e. The third kappa shape index (κ3) is 6.44. The van der Waals surface area contributed by atoms with Crippen LogP contribution in [0.25, 0.3) is 0 Å². The van der Waals surface area contributed by atoms with Crippen molar-refractivity contribution in [3.63, 3.8) is 0 Å². The van der Waals surface area contributed by atoms with Crippen LogP contribution in [0.5, 0.6) is 5.75 Å². The predicted octanol–water partition coefficient (Wildman–Crippen LogP) is 6.01. The highest BCUT2D eigenvalue weighted by Gasteiger charge is 2.27. The van der Waals surface area contributed by atoms with E-state index in [-0.39, 0.29) is 5.91 Å². The third-order valence-corrected chi connectivity index (χ3v) is 4.79. The standard InChI is InChI=1S/C22H27Cl2NO2/c1-5-27-19-10-6-16(7-11-19)15-25(21(26)22(2,3)4)13-12-17-8-9-18(23)14-20(17)24/h6-11,14H,5,12-13,15H2,1-4H3. The Kier molecular flexibility index (Phi) is 7.58. The van der Waals surface area contributed by atoms with Gasteiger partial charge in [0.05, 0.1) is 6.61 Å². The van der Waals surface area contributed by atoms with Crippen LogP contribution in [0.4, 0.5) is 0 Å². The minimum Gasteiger partial charge on any atom is -0.494 e. The molecule has 27 heavy (non-hydrogen) atoms. The second kappa shape index (κ2) is 9.48. The first-order valence-electron chi connectivity index (χ1n) is 9.15. The number of ether oxygens (including phenoxy) is 1. The Hall–Kier alpha value is -1.71. The number of rotatable bonds is 7. The molecule has 2 aromatic rings. The van der Waals surface area contributed by atoms with Gasteiger partial charge in [-0.3, -0.25) is 4.79 Å². The molecule has 0 atom stereocenters. The number of hydrogen-bond donors (Lipinski definition) is 0. The Labute approximate surface area is 172 Å². The van der Waals surface area contributed by atoms with Gasteiger partial charge in [-0.1, -0.05) is 62.2 Å². The van der Waals surface area contributed by atoms with E-state index in [2.05, 4.69) is 0 Å². The molecule has 5 heteroatoms. The smallest absolute Gasteiger partial charge is 0.228 e. The van der Waals surface area contributed by atoms with E-state index >= 15 is 0 Å². The van der Waals surface area contributed by atoms with Crippen LogP contribution >= 0.6 is 23.2 Å². The second-order valence-corrected chi connectivity index (χ2v) is 8.38. The van der Waals surface area contributed by atoms with Crippen molar-refractivity contribution in [2.75, 3.05) is 13.2 Å². The average Bonchev–Trinajstić information content (AvgIpc) is 2.60. The molecule has 3 nitrogen and oxygen atoms in total. The van der Waals surface area contributed by atoms with Gasteiger partial charge in [-0.25, -0.2) is 0 Å². The zero-order chi connectivity index (χ0) is 20.0. The van der Waals surface area contributed by atoms with Crippen LogP contribution in [-0.4, -0.2) is 24.0 Å². The summed E-state index contributed by atoms with van der Waals surface area (Å²) in [5.41, 5.74) is 1.60. The summed E-state index contributed by atoms with van der Waals surface area (Å²) < 4.78 is 5.49. The summed E-state index contributed by atoms with van der Waals surface area (Å²) in [7, 11) is 0. The monoisotopic (exact) mass is 407 g/mol. The van der Waals surface area contributed by atoms with Crippen molar-refractivity contribution in [1.29, 1.82) is 0 Å². The molecule has 0 saturated carbocycles. The van der Waals surface area contributed by atoms with E-state index in [1.165, 1.54) is 0 Å². The number of amides is 1. The predicted molar refractivity (Wildman–Crippen MR) is 113 cm³/mol. The first-order valence-corrected chi connectivity index (χ1v) is 9.91. The van der Waals surface area contributed by atoms with Gasteiger partial charge >= 0.3 is 0 Å². The lowest BCUT2D eigenvalue weighted by atomic mass is 9.94. The Bertz CT molecular complexity index is 767. The van der Waals surface area contributed by atoms with Crippen LogP contribution in [0.15, 0.2) is 42.5 Å². The maximum absolute atomic E-state index is 12.9. The van der Waals surface area contributed by atoms with Gasteiger partial charge in [-0.15, -0.1) is 0 Å². The first kappa shape index (κ1) is 21.6. The number of carbonyl (C=O) groups excluding carboxylic acids is 1. The fourth-order valence-corrected chi connectivity index (χ4v) is 3.29. The van der Waals surface area contributed by atoms with Gasteiger partial charge in [0.2, 0.25) is 5.91 Å². The quantitative estimate of drug-likeness (QED) is 0.562. The molecule has 0 fully saturated rings. The highest BCUT2D eigenvalue weighted by molar-refractivity contribution is 6.35. The molecule has 2 aromatic carbocycles. The molecule has 0 aromatic heterocycles. The van der Waals surface area contributed by atoms with Gasteiger partial charge in [-0.2, -0.15) is 0 Å². The zero-order valence-electron chi connectivity index (χ0n) is 16.4. The Morgan fingerprint density at radius 1 is 1.07 bits per heavy atom. The maximum atomic E-state index is 12.9. The van der Waals surface area contributed by atoms with Gasteiger partial charge in [0.1, 0.15) is 5.75 Å². The van der Waals surface area contributed by atoms with E-state index in [0.717, 1.165) is 16.9 Å². The SMILES string of the molecule is CCOc1ccc(CN(CCc2ccc(Cl)cc2Cl)C(=O)C(C)(C)C)cc1. The lowest BCUT2D eigenvalue weighted by molar-refractivity contribution is -0.140. The topological polar surface area (TPSA) is 29.5 Å². The van der Waals surface area contributed by atoms with Crippen LogP contribution in [0.3, 0.4) is 0 Å². The van der Waals surface area contributed by atoms with E-state index in [1.807, 2.05) is 69.0 Å². The molecular weight excluding hydrogens is 381 g/mol. The van der Waals surface area contributed by atoms with Crippen molar-refractivity contribution in [2.45, 2.75) is 40.7 Å². The number of halogens is 2. The molecule has 1 amide bonds. The largest absolute Gasteiger partial charge is 0.494 e. The van der Waals surface area contributed by atoms with Crippen LogP contribution in [-0.2, 0) is 17.8 Å². The minimum absolute atomic E-state index is 0.112. The van der Waals surface area contributed by atoms with E-state index in [1.54, 1.807) is 6.07 Å². The lowest BCUT2D eigenvalue weighted by Gasteiger charge is -2.30. The van der Waals surface area contributed by atoms with Gasteiger partial charge in [0.15, 0.2) is 0 Å². The van der Waals surface area contributed by atoms with Gasteiger partial charge < -0.3 is 9.64 Å². The number of benzene rings is 2. The molecule has 0 unspecified atom stereocenters. The van der Waals surface area contributed by atoms with Gasteiger partial charge in [0.25, 0.3) is 0 Å². The Balaban J connectivity index is 2.14. The van der Waals surface area contributed by atoms with E-state index in [9.17, 15) is 4.79 Å². The molecule has 0 aliphatic carbocycles. The molecule has 2 rings (SSSR count). The molecule has 146 valence electrons. The summed E-state index contributed by atoms with van der Waals surface area (Å²) in [4.78, 5) is 14.8. The highest BCUT2D eigenvalue weighted by Crippen LogP contribution is 2.24. The number of nitrogens with zero attached hydrogens (tertiary/aromatic N) is 1. The molecular formula is C22H27Cl2NO2. The summed E-state index contributed by atoms with van der Waals surface area (Å²) in [5, 5.41) is 1.24. The van der Waals surface area contributed by atoms with Gasteiger partial charge in [0, 0.05) is 28.5 Å². The van der Waals surface area contributed by atoms with E-state index in [4.69, 9.17) is 27.9 Å². The molecule has 0 radical (unpaired) electrons. The summed E-state index contributed by atoms with van der Waals surface area (Å²) in [6.07, 6.45) is 0.675. The van der Waals surface area contributed by atoms with Crippen molar-refractivity contribution >= 4 is 29.1 Å². The molecule has 0 saturated heterocycles. The van der Waals surface area contributed by atoms with Crippen molar-refractivity contribution < 1.29 is 9.53 Å². The third-order valence-electron chi connectivity index (χ3n) is 4.20. The number of hydrogen-bond acceptors (Lipinski definition) is 2. The van der Waals surface area contributed by atoms with Crippen LogP contribution in [0.1, 0.15) is 38.8 Å². The fourth-order valence-electron chi connectivity index (χ4n) is 2.78. The zero-order valence-corrected chi connectivity index (χ0v) is 17.9. The normalized spacial score (nSPS) is 11.3. The number of carbonyl (C=O) groups is 1. The molecule has 0 heterocycles. The van der Waals surface area contributed by atoms with E-state index < -0.39 is 5.41 Å². The Morgan fingerprint density at radius 2 is 1.74 bits per heavy atom. The molecule has 0 aliphatic rings. The first-order chi connectivity index (χ1) is 12.7. The summed E-state index contributed by atoms with van der Waals surface area (Å²) in [5.74, 6) is 0.948. The van der Waals surface area contributed by atoms with E-state index in [0.29, 0.717) is 36.2 Å².